The topological polar surface area (TPSA) is 152 Å². The van der Waals surface area contributed by atoms with Crippen molar-refractivity contribution >= 4 is 34.4 Å². The highest BCUT2D eigenvalue weighted by Crippen LogP contribution is 2.20. The Labute approximate surface area is 185 Å². The highest BCUT2D eigenvalue weighted by Gasteiger charge is 2.17. The average Bonchev–Trinajstić information content (AvgIpc) is 3.39. The summed E-state index contributed by atoms with van der Waals surface area (Å²) in [5.41, 5.74) is 1.22. The van der Waals surface area contributed by atoms with Crippen LogP contribution in [0, 0.1) is 10.1 Å². The van der Waals surface area contributed by atoms with E-state index in [4.69, 9.17) is 9.15 Å². The highest BCUT2D eigenvalue weighted by atomic mass is 16.6. The molecule has 4 rings (SSSR count). The number of nitrogens with zero attached hydrogens (tertiary/aromatic N) is 4. The smallest absolute Gasteiger partial charge is 0.420 e. The summed E-state index contributed by atoms with van der Waals surface area (Å²) < 4.78 is 12.5. The predicted molar refractivity (Wildman–Crippen MR) is 115 cm³/mol. The molecule has 2 aromatic heterocycles. The lowest BCUT2D eigenvalue weighted by Gasteiger charge is -2.08. The Morgan fingerprint density at radius 2 is 2.03 bits per heavy atom. The van der Waals surface area contributed by atoms with Crippen molar-refractivity contribution in [1.29, 1.82) is 0 Å². The summed E-state index contributed by atoms with van der Waals surface area (Å²) in [6, 6.07) is 11.9. The molecule has 1 amide bonds. The molecule has 2 aromatic carbocycles. The van der Waals surface area contributed by atoms with Crippen LogP contribution in [0.2, 0.25) is 0 Å². The van der Waals surface area contributed by atoms with Gasteiger partial charge in [0.25, 0.3) is 5.69 Å². The van der Waals surface area contributed by atoms with Crippen LogP contribution >= 0.6 is 0 Å². The Balaban J connectivity index is 1.51. The van der Waals surface area contributed by atoms with Crippen LogP contribution in [0.3, 0.4) is 0 Å². The molecule has 0 unspecified atom stereocenters. The molecule has 0 aliphatic carbocycles. The fourth-order valence-corrected chi connectivity index (χ4v) is 3.17. The van der Waals surface area contributed by atoms with Crippen LogP contribution in [-0.4, -0.2) is 37.8 Å². The monoisotopic (exact) mass is 451 g/mol. The summed E-state index contributed by atoms with van der Waals surface area (Å²) in [4.78, 5) is 46.8. The maximum atomic E-state index is 12.6. The first kappa shape index (κ1) is 21.5. The Morgan fingerprint density at radius 3 is 2.79 bits per heavy atom. The number of hydrogen-bond acceptors (Lipinski definition) is 8. The number of fused-ring (bicyclic) bond motifs is 1. The van der Waals surface area contributed by atoms with E-state index < -0.39 is 22.6 Å². The molecule has 0 fully saturated rings. The molecular weight excluding hydrogens is 434 g/mol. The van der Waals surface area contributed by atoms with Crippen molar-refractivity contribution < 1.29 is 23.7 Å². The Kier molecular flexibility index (Phi) is 5.72. The normalized spacial score (nSPS) is 10.8. The minimum Gasteiger partial charge on any atom is -0.461 e. The minimum absolute atomic E-state index is 0.0140. The predicted octanol–water partition coefficient (Wildman–Crippen LogP) is 2.50. The first-order valence-corrected chi connectivity index (χ1v) is 9.76. The third-order valence-corrected chi connectivity index (χ3v) is 4.63. The number of hydrogen-bond donors (Lipinski definition) is 1. The summed E-state index contributed by atoms with van der Waals surface area (Å²) in [6.07, 6.45) is 1.59. The molecule has 0 aliphatic rings. The molecule has 0 saturated heterocycles. The summed E-state index contributed by atoms with van der Waals surface area (Å²) in [6.45, 7) is 1.58. The number of esters is 1. The second kappa shape index (κ2) is 8.78. The van der Waals surface area contributed by atoms with Crippen molar-refractivity contribution in [3.8, 4) is 5.69 Å². The lowest BCUT2D eigenvalue weighted by molar-refractivity contribution is -0.384. The molecule has 0 spiro atoms. The van der Waals surface area contributed by atoms with Gasteiger partial charge in [0.2, 0.25) is 5.91 Å². The summed E-state index contributed by atoms with van der Waals surface area (Å²) >= 11 is 0. The number of nitrogens with one attached hydrogen (secondary N) is 1. The van der Waals surface area contributed by atoms with E-state index in [1.54, 1.807) is 37.4 Å². The van der Waals surface area contributed by atoms with Gasteiger partial charge in [-0.3, -0.25) is 19.5 Å². The molecule has 168 valence electrons. The third kappa shape index (κ3) is 4.49. The molecule has 0 radical (unpaired) electrons. The van der Waals surface area contributed by atoms with E-state index in [1.165, 1.54) is 22.9 Å². The van der Waals surface area contributed by atoms with Crippen LogP contribution in [0.5, 0.6) is 0 Å². The van der Waals surface area contributed by atoms with Crippen molar-refractivity contribution in [2.24, 2.45) is 0 Å². The lowest BCUT2D eigenvalue weighted by Crippen LogP contribution is -2.24. The third-order valence-electron chi connectivity index (χ3n) is 4.63. The molecular formula is C21H17N5O7. The van der Waals surface area contributed by atoms with Crippen molar-refractivity contribution in [3.05, 3.63) is 81.1 Å². The van der Waals surface area contributed by atoms with Gasteiger partial charge < -0.3 is 14.5 Å². The molecule has 4 aromatic rings. The number of anilines is 1. The summed E-state index contributed by atoms with van der Waals surface area (Å²) in [5.74, 6) is -1.86. The minimum atomic E-state index is -0.808. The SMILES string of the molecule is CCOC(=O)c1ccn(-c2cccc(NC(=O)Cn3c(=O)oc4cc([N+](=O)[O-])ccc43)c2)n1. The van der Waals surface area contributed by atoms with Gasteiger partial charge in [-0.15, -0.1) is 0 Å². The molecule has 0 bridgehead atoms. The fraction of sp³-hybridized carbons (Fsp3) is 0.143. The van der Waals surface area contributed by atoms with Gasteiger partial charge in [0, 0.05) is 18.0 Å². The molecule has 0 aliphatic heterocycles. The van der Waals surface area contributed by atoms with E-state index in [1.807, 2.05) is 0 Å². The number of rotatable bonds is 7. The van der Waals surface area contributed by atoms with Crippen LogP contribution in [0.4, 0.5) is 11.4 Å². The van der Waals surface area contributed by atoms with Crippen LogP contribution in [0.25, 0.3) is 16.8 Å². The quantitative estimate of drug-likeness (QED) is 0.256. The molecule has 12 nitrogen and oxygen atoms in total. The van der Waals surface area contributed by atoms with Crippen molar-refractivity contribution in [3.63, 3.8) is 0 Å². The van der Waals surface area contributed by atoms with E-state index in [-0.39, 0.29) is 35.6 Å². The van der Waals surface area contributed by atoms with E-state index >= 15 is 0 Å². The van der Waals surface area contributed by atoms with E-state index in [2.05, 4.69) is 10.4 Å². The van der Waals surface area contributed by atoms with E-state index in [0.717, 1.165) is 10.6 Å². The zero-order valence-corrected chi connectivity index (χ0v) is 17.3. The van der Waals surface area contributed by atoms with Crippen LogP contribution in [-0.2, 0) is 16.1 Å². The molecule has 1 N–H and O–H groups in total. The number of carbonyl (C=O) groups is 2. The number of oxazole rings is 1. The average molecular weight is 451 g/mol. The number of nitro benzene ring substituents is 1. The maximum absolute atomic E-state index is 12.6. The van der Waals surface area contributed by atoms with Gasteiger partial charge in [-0.1, -0.05) is 6.07 Å². The van der Waals surface area contributed by atoms with Gasteiger partial charge in [-0.05, 0) is 37.3 Å². The van der Waals surface area contributed by atoms with Gasteiger partial charge in [-0.25, -0.2) is 14.3 Å². The maximum Gasteiger partial charge on any atom is 0.420 e. The van der Waals surface area contributed by atoms with Gasteiger partial charge in [0.1, 0.15) is 6.54 Å². The van der Waals surface area contributed by atoms with Gasteiger partial charge in [0.15, 0.2) is 11.3 Å². The van der Waals surface area contributed by atoms with E-state index in [0.29, 0.717) is 11.4 Å². The van der Waals surface area contributed by atoms with Gasteiger partial charge >= 0.3 is 11.7 Å². The largest absolute Gasteiger partial charge is 0.461 e. The summed E-state index contributed by atoms with van der Waals surface area (Å²) in [5, 5.41) is 17.7. The summed E-state index contributed by atoms with van der Waals surface area (Å²) in [7, 11) is 0. The fourth-order valence-electron chi connectivity index (χ4n) is 3.17. The molecule has 33 heavy (non-hydrogen) atoms. The Morgan fingerprint density at radius 1 is 1.21 bits per heavy atom. The number of benzene rings is 2. The van der Waals surface area contributed by atoms with Crippen LogP contribution < -0.4 is 11.1 Å². The molecule has 12 heteroatoms. The zero-order chi connectivity index (χ0) is 23.5. The van der Waals surface area contributed by atoms with Gasteiger partial charge in [-0.2, -0.15) is 5.10 Å². The molecule has 2 heterocycles. The number of nitro groups is 1. The first-order chi connectivity index (χ1) is 15.9. The lowest BCUT2D eigenvalue weighted by atomic mass is 10.2. The Hall–Kier alpha value is -4.74. The first-order valence-electron chi connectivity index (χ1n) is 9.76. The standard InChI is InChI=1S/C21H17N5O7/c1-2-32-20(28)16-8-9-25(23-16)14-5-3-4-13(10-14)22-19(27)12-24-17-7-6-15(26(30)31)11-18(17)33-21(24)29/h3-11H,2,12H2,1H3,(H,22,27). The van der Waals surface area contributed by atoms with E-state index in [9.17, 15) is 24.5 Å². The number of carbonyl (C=O) groups excluding carboxylic acids is 2. The molecule has 0 atom stereocenters. The van der Waals surface area contributed by atoms with Gasteiger partial charge in [0.05, 0.1) is 28.8 Å². The zero-order valence-electron chi connectivity index (χ0n) is 17.3. The van der Waals surface area contributed by atoms with Crippen LogP contribution in [0.1, 0.15) is 17.4 Å². The number of amides is 1. The second-order valence-corrected chi connectivity index (χ2v) is 6.83. The van der Waals surface area contributed by atoms with Crippen molar-refractivity contribution in [2.45, 2.75) is 13.5 Å². The Bertz CT molecular complexity index is 1430. The van der Waals surface area contributed by atoms with Crippen molar-refractivity contribution in [2.75, 3.05) is 11.9 Å². The van der Waals surface area contributed by atoms with Crippen molar-refractivity contribution in [1.82, 2.24) is 14.3 Å². The number of non-ortho nitro benzene ring substituents is 1. The molecule has 0 saturated carbocycles. The number of aromatic nitrogens is 3. The number of ether oxygens (including phenoxy) is 1. The second-order valence-electron chi connectivity index (χ2n) is 6.83. The highest BCUT2D eigenvalue weighted by molar-refractivity contribution is 5.92. The van der Waals surface area contributed by atoms with Crippen LogP contribution in [0.15, 0.2) is 63.9 Å².